The van der Waals surface area contributed by atoms with Gasteiger partial charge in [-0.2, -0.15) is 0 Å². The molecule has 0 unspecified atom stereocenters. The predicted molar refractivity (Wildman–Crippen MR) is 103 cm³/mol. The second kappa shape index (κ2) is 6.43. The van der Waals surface area contributed by atoms with Crippen LogP contribution in [0.3, 0.4) is 0 Å². The van der Waals surface area contributed by atoms with Crippen molar-refractivity contribution in [2.45, 2.75) is 29.7 Å². The van der Waals surface area contributed by atoms with Crippen molar-refractivity contribution in [2.75, 3.05) is 7.05 Å². The van der Waals surface area contributed by atoms with Crippen molar-refractivity contribution < 1.29 is 0 Å². The number of allylic oxidation sites excluding steroid dienone is 1. The number of benzene rings is 1. The van der Waals surface area contributed by atoms with Crippen LogP contribution in [0.2, 0.25) is 0 Å². The first-order valence-corrected chi connectivity index (χ1v) is 8.90. The van der Waals surface area contributed by atoms with Gasteiger partial charge in [-0.25, -0.2) is 4.98 Å². The number of halogens is 1. The number of rotatable bonds is 5. The molecule has 2 aromatic rings. The van der Waals surface area contributed by atoms with Crippen LogP contribution in [0.4, 0.5) is 0 Å². The van der Waals surface area contributed by atoms with Crippen molar-refractivity contribution in [3.05, 3.63) is 46.1 Å². The third-order valence-electron chi connectivity index (χ3n) is 3.99. The van der Waals surface area contributed by atoms with Crippen LogP contribution in [0, 0.1) is 5.41 Å². The minimum Gasteiger partial charge on any atom is -0.393 e. The Kier molecular flexibility index (Phi) is 4.52. The molecule has 0 aliphatic heterocycles. The zero-order valence-corrected chi connectivity index (χ0v) is 15.3. The van der Waals surface area contributed by atoms with Gasteiger partial charge in [-0.3, -0.25) is 9.36 Å². The lowest BCUT2D eigenvalue weighted by molar-refractivity contribution is 0.647. The molecule has 23 heavy (non-hydrogen) atoms. The van der Waals surface area contributed by atoms with E-state index in [0.29, 0.717) is 16.5 Å². The van der Waals surface area contributed by atoms with E-state index in [-0.39, 0.29) is 15.5 Å². The molecule has 2 N–H and O–H groups in total. The van der Waals surface area contributed by atoms with Crippen LogP contribution in [0.1, 0.15) is 41.1 Å². The molecule has 1 fully saturated rings. The second-order valence-electron chi connectivity index (χ2n) is 5.72. The standard InChI is InChI=1S/C17H19IN4O/c1-10(18)16-21-14-5-3-4-13(11(8-19)9-20-2)15(14)17(23)22(16)12-6-7-12/h3-5,8-10,12,19-20H,6-7H2,1-2H3/b11-9+,19-8?/t10-/m1/s1. The molecule has 1 atom stereocenters. The molecule has 0 radical (unpaired) electrons. The fraction of sp³-hybridized carbons (Fsp3) is 0.353. The molecule has 1 heterocycles. The Morgan fingerprint density at radius 2 is 2.26 bits per heavy atom. The number of nitrogens with zero attached hydrogens (tertiary/aromatic N) is 2. The van der Waals surface area contributed by atoms with Crippen LogP contribution in [-0.2, 0) is 0 Å². The van der Waals surface area contributed by atoms with E-state index in [2.05, 4.69) is 34.8 Å². The molecule has 0 saturated heterocycles. The molecular formula is C17H19IN4O. The van der Waals surface area contributed by atoms with Crippen molar-refractivity contribution in [1.29, 1.82) is 5.41 Å². The first kappa shape index (κ1) is 16.2. The third-order valence-corrected chi connectivity index (χ3v) is 4.55. The second-order valence-corrected chi connectivity index (χ2v) is 7.59. The molecule has 0 amide bonds. The number of fused-ring (bicyclic) bond motifs is 1. The molecule has 120 valence electrons. The van der Waals surface area contributed by atoms with E-state index in [0.717, 1.165) is 24.2 Å². The summed E-state index contributed by atoms with van der Waals surface area (Å²) in [5, 5.41) is 11.2. The lowest BCUT2D eigenvalue weighted by atomic mass is 10.0. The van der Waals surface area contributed by atoms with Crippen LogP contribution < -0.4 is 10.9 Å². The van der Waals surface area contributed by atoms with Gasteiger partial charge in [0.2, 0.25) is 0 Å². The van der Waals surface area contributed by atoms with E-state index in [4.69, 9.17) is 10.4 Å². The fourth-order valence-electron chi connectivity index (χ4n) is 2.82. The Labute approximate surface area is 148 Å². The van der Waals surface area contributed by atoms with E-state index < -0.39 is 0 Å². The van der Waals surface area contributed by atoms with Crippen LogP contribution in [0.5, 0.6) is 0 Å². The number of alkyl halides is 1. The molecule has 1 aliphatic carbocycles. The summed E-state index contributed by atoms with van der Waals surface area (Å²) >= 11 is 2.31. The van der Waals surface area contributed by atoms with Crippen LogP contribution in [0.25, 0.3) is 16.5 Å². The molecule has 0 bridgehead atoms. The van der Waals surface area contributed by atoms with E-state index in [9.17, 15) is 4.79 Å². The van der Waals surface area contributed by atoms with Gasteiger partial charge in [-0.1, -0.05) is 34.7 Å². The largest absolute Gasteiger partial charge is 0.393 e. The van der Waals surface area contributed by atoms with E-state index >= 15 is 0 Å². The lowest BCUT2D eigenvalue weighted by Gasteiger charge is -2.16. The summed E-state index contributed by atoms with van der Waals surface area (Å²) in [4.78, 5) is 17.9. The first-order valence-electron chi connectivity index (χ1n) is 7.66. The molecule has 1 aromatic heterocycles. The van der Waals surface area contributed by atoms with E-state index in [1.807, 2.05) is 22.8 Å². The van der Waals surface area contributed by atoms with Crippen LogP contribution >= 0.6 is 22.6 Å². The Morgan fingerprint density at radius 1 is 1.52 bits per heavy atom. The van der Waals surface area contributed by atoms with Gasteiger partial charge in [0.15, 0.2) is 0 Å². The fourth-order valence-corrected chi connectivity index (χ4v) is 3.26. The molecule has 0 spiro atoms. The highest BCUT2D eigenvalue weighted by atomic mass is 127. The average molecular weight is 422 g/mol. The SMILES string of the molecule is CN/C=C(\C=N)c1cccc2nc([C@@H](C)I)n(C3CC3)c(=O)c12. The van der Waals surface area contributed by atoms with Crippen molar-refractivity contribution >= 4 is 45.3 Å². The molecule has 3 rings (SSSR count). The van der Waals surface area contributed by atoms with Gasteiger partial charge in [0.25, 0.3) is 5.56 Å². The van der Waals surface area contributed by atoms with Crippen LogP contribution in [0.15, 0.2) is 29.2 Å². The smallest absolute Gasteiger partial charge is 0.262 e. The topological polar surface area (TPSA) is 70.8 Å². The summed E-state index contributed by atoms with van der Waals surface area (Å²) in [6.45, 7) is 2.06. The zero-order chi connectivity index (χ0) is 16.6. The Morgan fingerprint density at radius 3 is 2.83 bits per heavy atom. The summed E-state index contributed by atoms with van der Waals surface area (Å²) in [5.41, 5.74) is 2.14. The summed E-state index contributed by atoms with van der Waals surface area (Å²) in [5.74, 6) is 0.844. The Balaban J connectivity index is 2.38. The van der Waals surface area contributed by atoms with Crippen LogP contribution in [-0.4, -0.2) is 22.8 Å². The zero-order valence-electron chi connectivity index (χ0n) is 13.1. The van der Waals surface area contributed by atoms with Gasteiger partial charge < -0.3 is 10.7 Å². The number of aromatic nitrogens is 2. The highest BCUT2D eigenvalue weighted by Crippen LogP contribution is 2.37. The molecule has 1 aromatic carbocycles. The first-order chi connectivity index (χ1) is 11.1. The molecule has 1 aliphatic rings. The summed E-state index contributed by atoms with van der Waals surface area (Å²) in [6, 6.07) is 5.92. The normalized spacial score (nSPS) is 16.4. The lowest BCUT2D eigenvalue weighted by Crippen LogP contribution is -2.25. The minimum absolute atomic E-state index is 0.00969. The van der Waals surface area contributed by atoms with E-state index in [1.54, 1.807) is 13.2 Å². The molecular weight excluding hydrogens is 403 g/mol. The Hall–Kier alpha value is -1.70. The molecule has 5 nitrogen and oxygen atoms in total. The van der Waals surface area contributed by atoms with Gasteiger partial charge in [-0.15, -0.1) is 0 Å². The predicted octanol–water partition coefficient (Wildman–Crippen LogP) is 3.44. The maximum absolute atomic E-state index is 13.2. The summed E-state index contributed by atoms with van der Waals surface area (Å²) in [7, 11) is 1.78. The van der Waals surface area contributed by atoms with Crippen molar-refractivity contribution in [3.8, 4) is 0 Å². The van der Waals surface area contributed by atoms with Crippen molar-refractivity contribution in [2.24, 2.45) is 0 Å². The summed E-state index contributed by atoms with van der Waals surface area (Å²) in [6.07, 6.45) is 5.07. The molecule has 6 heteroatoms. The number of hydrogen-bond acceptors (Lipinski definition) is 4. The summed E-state index contributed by atoms with van der Waals surface area (Å²) < 4.78 is 2.04. The number of nitrogens with one attached hydrogen (secondary N) is 2. The maximum atomic E-state index is 13.2. The highest BCUT2D eigenvalue weighted by molar-refractivity contribution is 14.1. The van der Waals surface area contributed by atoms with Crippen molar-refractivity contribution in [1.82, 2.24) is 14.9 Å². The van der Waals surface area contributed by atoms with Gasteiger partial charge in [0.1, 0.15) is 5.82 Å². The van der Waals surface area contributed by atoms with Gasteiger partial charge in [-0.05, 0) is 31.4 Å². The molecule has 1 saturated carbocycles. The maximum Gasteiger partial charge on any atom is 0.262 e. The van der Waals surface area contributed by atoms with Gasteiger partial charge >= 0.3 is 0 Å². The highest BCUT2D eigenvalue weighted by Gasteiger charge is 2.30. The number of hydrogen-bond donors (Lipinski definition) is 2. The quantitative estimate of drug-likeness (QED) is 0.441. The van der Waals surface area contributed by atoms with Crippen molar-refractivity contribution in [3.63, 3.8) is 0 Å². The van der Waals surface area contributed by atoms with Gasteiger partial charge in [0, 0.05) is 31.1 Å². The Bertz CT molecular complexity index is 850. The minimum atomic E-state index is 0.00969. The monoisotopic (exact) mass is 422 g/mol. The van der Waals surface area contributed by atoms with Gasteiger partial charge in [0.05, 0.1) is 14.8 Å². The van der Waals surface area contributed by atoms with E-state index in [1.165, 1.54) is 6.21 Å². The average Bonchev–Trinajstić information content (AvgIpc) is 3.36. The third kappa shape index (κ3) is 2.91.